The minimum absolute atomic E-state index is 0.190. The average Bonchev–Trinajstić information content (AvgIpc) is 3.47. The molecule has 0 radical (unpaired) electrons. The van der Waals surface area contributed by atoms with E-state index in [-0.39, 0.29) is 5.95 Å². The van der Waals surface area contributed by atoms with Gasteiger partial charge >= 0.3 is 0 Å². The third-order valence-corrected chi connectivity index (χ3v) is 4.52. The van der Waals surface area contributed by atoms with Gasteiger partial charge in [0, 0.05) is 13.7 Å². The topological polar surface area (TPSA) is 135 Å². The molecule has 0 saturated heterocycles. The van der Waals surface area contributed by atoms with Crippen molar-refractivity contribution in [1.29, 1.82) is 0 Å². The highest BCUT2D eigenvalue weighted by Gasteiger charge is 2.13. The Balaban J connectivity index is 1.27. The van der Waals surface area contributed by atoms with Crippen LogP contribution in [0.25, 0.3) is 17.4 Å². The highest BCUT2D eigenvalue weighted by atomic mass is 16.5. The highest BCUT2D eigenvalue weighted by Crippen LogP contribution is 2.18. The molecular formula is C21H25N7O4. The van der Waals surface area contributed by atoms with Crippen molar-refractivity contribution in [3.63, 3.8) is 0 Å². The summed E-state index contributed by atoms with van der Waals surface area (Å²) in [6, 6.07) is 11.5. The van der Waals surface area contributed by atoms with Gasteiger partial charge in [-0.1, -0.05) is 12.1 Å². The first-order chi connectivity index (χ1) is 15.7. The summed E-state index contributed by atoms with van der Waals surface area (Å²) in [4.78, 5) is 13.0. The Bertz CT molecular complexity index is 1110. The molecular weight excluding hydrogens is 414 g/mol. The van der Waals surface area contributed by atoms with E-state index in [1.54, 1.807) is 25.5 Å². The molecule has 3 heterocycles. The predicted molar refractivity (Wildman–Crippen MR) is 118 cm³/mol. The molecule has 11 heteroatoms. The van der Waals surface area contributed by atoms with Gasteiger partial charge in [0.2, 0.25) is 17.7 Å². The smallest absolute Gasteiger partial charge is 0.259 e. The van der Waals surface area contributed by atoms with Crippen LogP contribution in [-0.4, -0.2) is 64.6 Å². The second-order valence-corrected chi connectivity index (χ2v) is 6.80. The number of ether oxygens (including phenoxy) is 3. The van der Waals surface area contributed by atoms with Crippen LogP contribution < -0.4 is 15.8 Å². The van der Waals surface area contributed by atoms with E-state index in [2.05, 4.69) is 25.4 Å². The Morgan fingerprint density at radius 1 is 1.03 bits per heavy atom. The second-order valence-electron chi connectivity index (χ2n) is 6.80. The van der Waals surface area contributed by atoms with E-state index in [0.717, 1.165) is 17.7 Å². The van der Waals surface area contributed by atoms with Crippen LogP contribution in [0.5, 0.6) is 5.75 Å². The van der Waals surface area contributed by atoms with E-state index in [0.29, 0.717) is 56.3 Å². The van der Waals surface area contributed by atoms with Crippen LogP contribution >= 0.6 is 0 Å². The summed E-state index contributed by atoms with van der Waals surface area (Å²) in [6.45, 7) is 2.80. The maximum absolute atomic E-state index is 6.01. The van der Waals surface area contributed by atoms with E-state index in [1.807, 2.05) is 24.3 Å². The van der Waals surface area contributed by atoms with Gasteiger partial charge in [-0.05, 0) is 36.2 Å². The SMILES string of the molecule is COCCOCCOc1ccc(CCNc2nc(N)n3nc(-c4ccco4)nc3n2)cc1. The Hall–Kier alpha value is -3.70. The summed E-state index contributed by atoms with van der Waals surface area (Å²) in [5.74, 6) is 2.67. The molecule has 4 rings (SSSR count). The van der Waals surface area contributed by atoms with Crippen molar-refractivity contribution >= 4 is 17.7 Å². The quantitative estimate of drug-likeness (QED) is 0.316. The fraction of sp³-hybridized carbons (Fsp3) is 0.333. The van der Waals surface area contributed by atoms with Gasteiger partial charge < -0.3 is 29.7 Å². The molecule has 0 unspecified atom stereocenters. The molecule has 0 amide bonds. The zero-order valence-corrected chi connectivity index (χ0v) is 17.7. The number of methoxy groups -OCH3 is 1. The van der Waals surface area contributed by atoms with Gasteiger partial charge in [-0.3, -0.25) is 0 Å². The number of anilines is 2. The molecule has 1 aromatic carbocycles. The Morgan fingerprint density at radius 2 is 1.88 bits per heavy atom. The zero-order valence-electron chi connectivity index (χ0n) is 17.7. The summed E-state index contributed by atoms with van der Waals surface area (Å²) in [6.07, 6.45) is 2.33. The number of nitrogens with one attached hydrogen (secondary N) is 1. The summed E-state index contributed by atoms with van der Waals surface area (Å²) in [7, 11) is 1.65. The minimum atomic E-state index is 0.190. The molecule has 11 nitrogen and oxygen atoms in total. The normalized spacial score (nSPS) is 11.2. The molecule has 32 heavy (non-hydrogen) atoms. The number of nitrogens with two attached hydrogens (primary N) is 1. The monoisotopic (exact) mass is 439 g/mol. The van der Waals surface area contributed by atoms with Gasteiger partial charge in [-0.25, -0.2) is 0 Å². The number of aromatic nitrogens is 5. The molecule has 0 aliphatic carbocycles. The van der Waals surface area contributed by atoms with Gasteiger partial charge in [0.05, 0.1) is 26.1 Å². The van der Waals surface area contributed by atoms with Gasteiger partial charge in [-0.2, -0.15) is 19.5 Å². The fourth-order valence-corrected chi connectivity index (χ4v) is 2.93. The van der Waals surface area contributed by atoms with E-state index in [9.17, 15) is 0 Å². The number of benzene rings is 1. The van der Waals surface area contributed by atoms with Crippen LogP contribution in [0.2, 0.25) is 0 Å². The molecule has 168 valence electrons. The molecule has 0 fully saturated rings. The summed E-state index contributed by atoms with van der Waals surface area (Å²) < 4.78 is 22.7. The summed E-state index contributed by atoms with van der Waals surface area (Å²) in [5, 5.41) is 7.46. The molecule has 0 aliphatic rings. The van der Waals surface area contributed by atoms with Gasteiger partial charge in [0.15, 0.2) is 5.76 Å². The van der Waals surface area contributed by atoms with Crippen molar-refractivity contribution in [2.45, 2.75) is 6.42 Å². The Morgan fingerprint density at radius 3 is 2.66 bits per heavy atom. The van der Waals surface area contributed by atoms with Crippen LogP contribution in [0, 0.1) is 0 Å². The molecule has 3 aromatic heterocycles. The van der Waals surface area contributed by atoms with Crippen LogP contribution in [0.4, 0.5) is 11.9 Å². The van der Waals surface area contributed by atoms with Crippen molar-refractivity contribution in [3.05, 3.63) is 48.2 Å². The standard InChI is InChI=1S/C21H25N7O4/c1-29-11-12-30-13-14-31-16-6-4-15(5-7-16)8-9-23-20-25-19(22)28-21(26-20)24-18(27-28)17-3-2-10-32-17/h2-7,10H,8-9,11-14H2,1H3,(H3,22,23,24,25,26,27). The van der Waals surface area contributed by atoms with E-state index in [4.69, 9.17) is 24.4 Å². The van der Waals surface area contributed by atoms with Crippen LogP contribution in [0.3, 0.4) is 0 Å². The number of fused-ring (bicyclic) bond motifs is 1. The molecule has 0 saturated carbocycles. The number of hydrogen-bond acceptors (Lipinski definition) is 10. The Labute approximate surface area is 184 Å². The van der Waals surface area contributed by atoms with Gasteiger partial charge in [0.25, 0.3) is 5.78 Å². The third-order valence-electron chi connectivity index (χ3n) is 4.52. The second kappa shape index (κ2) is 10.6. The number of furan rings is 1. The lowest BCUT2D eigenvalue weighted by Gasteiger charge is -2.09. The van der Waals surface area contributed by atoms with E-state index < -0.39 is 0 Å². The Kier molecular flexibility index (Phi) is 7.10. The first-order valence-corrected chi connectivity index (χ1v) is 10.2. The molecule has 0 bridgehead atoms. The molecule has 3 N–H and O–H groups in total. The van der Waals surface area contributed by atoms with Crippen molar-refractivity contribution in [2.24, 2.45) is 0 Å². The number of nitrogen functional groups attached to an aromatic ring is 1. The van der Waals surface area contributed by atoms with Gasteiger partial charge in [-0.15, -0.1) is 5.10 Å². The molecule has 4 aromatic rings. The molecule has 0 atom stereocenters. The minimum Gasteiger partial charge on any atom is -0.491 e. The lowest BCUT2D eigenvalue weighted by Crippen LogP contribution is -2.12. The van der Waals surface area contributed by atoms with Gasteiger partial charge in [0.1, 0.15) is 12.4 Å². The largest absolute Gasteiger partial charge is 0.491 e. The van der Waals surface area contributed by atoms with E-state index >= 15 is 0 Å². The number of hydrogen-bond donors (Lipinski definition) is 2. The number of nitrogens with zero attached hydrogens (tertiary/aromatic N) is 5. The fourth-order valence-electron chi connectivity index (χ4n) is 2.93. The maximum Gasteiger partial charge on any atom is 0.259 e. The first-order valence-electron chi connectivity index (χ1n) is 10.2. The maximum atomic E-state index is 6.01. The first kappa shape index (κ1) is 21.5. The highest BCUT2D eigenvalue weighted by molar-refractivity contribution is 5.52. The average molecular weight is 439 g/mol. The zero-order chi connectivity index (χ0) is 22.2. The summed E-state index contributed by atoms with van der Waals surface area (Å²) in [5.41, 5.74) is 7.16. The van der Waals surface area contributed by atoms with Crippen molar-refractivity contribution in [1.82, 2.24) is 24.6 Å². The van der Waals surface area contributed by atoms with Crippen LogP contribution in [0.15, 0.2) is 47.1 Å². The third kappa shape index (κ3) is 5.50. The number of rotatable bonds is 12. The molecule has 0 spiro atoms. The predicted octanol–water partition coefficient (Wildman–Crippen LogP) is 2.06. The van der Waals surface area contributed by atoms with Crippen molar-refractivity contribution in [3.8, 4) is 17.3 Å². The summed E-state index contributed by atoms with van der Waals surface area (Å²) >= 11 is 0. The lowest BCUT2D eigenvalue weighted by molar-refractivity contribution is 0.0544. The van der Waals surface area contributed by atoms with E-state index in [1.165, 1.54) is 4.52 Å². The lowest BCUT2D eigenvalue weighted by atomic mass is 10.1. The van der Waals surface area contributed by atoms with Crippen LogP contribution in [0.1, 0.15) is 5.56 Å². The molecule has 0 aliphatic heterocycles. The van der Waals surface area contributed by atoms with Crippen molar-refractivity contribution < 1.29 is 18.6 Å². The van der Waals surface area contributed by atoms with Crippen LogP contribution in [-0.2, 0) is 15.9 Å². The van der Waals surface area contributed by atoms with Crippen molar-refractivity contribution in [2.75, 3.05) is 51.1 Å².